The number of aliphatic hydroxyl groups excluding tert-OH is 1. The fraction of sp³-hybridized carbons (Fsp3) is 0.100. The van der Waals surface area contributed by atoms with Crippen LogP contribution in [0.4, 0.5) is 5.82 Å². The normalized spacial score (nSPS) is 11.1. The van der Waals surface area contributed by atoms with Crippen LogP contribution in [0.1, 0.15) is 0 Å². The largest absolute Gasteiger partial charge is 0.395 e. The molecule has 3 N–H and O–H groups in total. The van der Waals surface area contributed by atoms with Gasteiger partial charge in [0.05, 0.1) is 16.7 Å². The molecule has 4 rings (SSSR count). The summed E-state index contributed by atoms with van der Waals surface area (Å²) in [6, 6.07) is 11.7. The molecule has 3 aromatic heterocycles. The highest BCUT2D eigenvalue weighted by Crippen LogP contribution is 2.34. The summed E-state index contributed by atoms with van der Waals surface area (Å²) in [5, 5.41) is 14.1. The van der Waals surface area contributed by atoms with Crippen LogP contribution < -0.4 is 5.32 Å². The lowest BCUT2D eigenvalue weighted by molar-refractivity contribution is 0.311. The summed E-state index contributed by atoms with van der Waals surface area (Å²) in [5.74, 6) is 0.725. The molecule has 0 radical (unpaired) electrons. The molecule has 1 aromatic carbocycles. The highest BCUT2D eigenvalue weighted by molar-refractivity contribution is 6.34. The van der Waals surface area contributed by atoms with E-state index in [-0.39, 0.29) is 6.61 Å². The number of pyridine rings is 2. The Labute approximate surface area is 166 Å². The van der Waals surface area contributed by atoms with E-state index in [0.29, 0.717) is 16.6 Å². The van der Waals surface area contributed by atoms with Crippen molar-refractivity contribution in [2.45, 2.75) is 0 Å². The maximum absolute atomic E-state index is 8.87. The number of nitrogens with zero attached hydrogens (tertiary/aromatic N) is 2. The van der Waals surface area contributed by atoms with Gasteiger partial charge in [-0.25, -0.2) is 4.98 Å². The predicted octanol–water partition coefficient (Wildman–Crippen LogP) is 5.00. The van der Waals surface area contributed by atoms with Gasteiger partial charge in [-0.05, 0) is 36.4 Å². The van der Waals surface area contributed by atoms with Crippen LogP contribution >= 0.6 is 23.2 Å². The van der Waals surface area contributed by atoms with Gasteiger partial charge >= 0.3 is 0 Å². The molecule has 0 atom stereocenters. The first kappa shape index (κ1) is 17.8. The average molecular weight is 399 g/mol. The fourth-order valence-corrected chi connectivity index (χ4v) is 3.38. The smallest absolute Gasteiger partial charge is 0.125 e. The first-order chi connectivity index (χ1) is 13.1. The van der Waals surface area contributed by atoms with Gasteiger partial charge in [-0.3, -0.25) is 4.98 Å². The van der Waals surface area contributed by atoms with Crippen molar-refractivity contribution < 1.29 is 5.11 Å². The Morgan fingerprint density at radius 3 is 2.63 bits per heavy atom. The summed E-state index contributed by atoms with van der Waals surface area (Å²) >= 11 is 12.5. The minimum atomic E-state index is 0.0662. The van der Waals surface area contributed by atoms with Gasteiger partial charge in [-0.1, -0.05) is 23.2 Å². The third kappa shape index (κ3) is 3.76. The Hall–Kier alpha value is -2.60. The molecule has 0 unspecified atom stereocenters. The third-order valence-electron chi connectivity index (χ3n) is 4.22. The number of rotatable bonds is 5. The molecule has 4 aromatic rings. The minimum absolute atomic E-state index is 0.0662. The summed E-state index contributed by atoms with van der Waals surface area (Å²) in [5.41, 5.74) is 4.60. The SMILES string of the molecule is OCCNc1ccc(-c2cc3cc(-c4cncc(Cl)c4)c(Cl)cc3[nH]2)cn1. The van der Waals surface area contributed by atoms with Crippen molar-refractivity contribution in [3.63, 3.8) is 0 Å². The summed E-state index contributed by atoms with van der Waals surface area (Å²) in [7, 11) is 0. The lowest BCUT2D eigenvalue weighted by Gasteiger charge is -2.05. The molecule has 0 saturated heterocycles. The molecular weight excluding hydrogens is 383 g/mol. The van der Waals surface area contributed by atoms with E-state index in [4.69, 9.17) is 28.3 Å². The van der Waals surface area contributed by atoms with Crippen molar-refractivity contribution in [2.24, 2.45) is 0 Å². The van der Waals surface area contributed by atoms with Crippen LogP contribution in [0.15, 0.2) is 55.0 Å². The van der Waals surface area contributed by atoms with Crippen LogP contribution in [-0.2, 0) is 0 Å². The molecule has 3 heterocycles. The second-order valence-electron chi connectivity index (χ2n) is 6.08. The van der Waals surface area contributed by atoms with E-state index < -0.39 is 0 Å². The van der Waals surface area contributed by atoms with E-state index in [1.807, 2.05) is 30.3 Å². The molecule has 0 aliphatic rings. The van der Waals surface area contributed by atoms with E-state index in [1.54, 1.807) is 18.6 Å². The Morgan fingerprint density at radius 2 is 1.89 bits per heavy atom. The molecule has 136 valence electrons. The molecular formula is C20H16Cl2N4O. The van der Waals surface area contributed by atoms with Crippen LogP contribution in [0.3, 0.4) is 0 Å². The van der Waals surface area contributed by atoms with Crippen LogP contribution in [0.2, 0.25) is 10.0 Å². The van der Waals surface area contributed by atoms with Crippen molar-refractivity contribution in [1.29, 1.82) is 0 Å². The van der Waals surface area contributed by atoms with E-state index in [9.17, 15) is 0 Å². The third-order valence-corrected chi connectivity index (χ3v) is 4.74. The summed E-state index contributed by atoms with van der Waals surface area (Å²) in [6.45, 7) is 0.537. The first-order valence-corrected chi connectivity index (χ1v) is 9.14. The van der Waals surface area contributed by atoms with Crippen LogP contribution in [-0.4, -0.2) is 33.2 Å². The van der Waals surface area contributed by atoms with Gasteiger partial charge in [-0.2, -0.15) is 0 Å². The van der Waals surface area contributed by atoms with Crippen LogP contribution in [0.25, 0.3) is 33.3 Å². The number of aromatic nitrogens is 3. The molecule has 0 bridgehead atoms. The van der Waals surface area contributed by atoms with E-state index in [0.717, 1.165) is 39.1 Å². The van der Waals surface area contributed by atoms with Gasteiger partial charge in [0, 0.05) is 58.4 Å². The number of fused-ring (bicyclic) bond motifs is 1. The second-order valence-corrected chi connectivity index (χ2v) is 6.92. The number of nitrogens with one attached hydrogen (secondary N) is 2. The van der Waals surface area contributed by atoms with Gasteiger partial charge in [0.15, 0.2) is 0 Å². The van der Waals surface area contributed by atoms with Gasteiger partial charge < -0.3 is 15.4 Å². The number of aliphatic hydroxyl groups is 1. The quantitative estimate of drug-likeness (QED) is 0.442. The number of benzene rings is 1. The summed E-state index contributed by atoms with van der Waals surface area (Å²) in [6.07, 6.45) is 5.13. The highest BCUT2D eigenvalue weighted by Gasteiger charge is 2.10. The molecule has 0 spiro atoms. The monoisotopic (exact) mass is 398 g/mol. The Balaban J connectivity index is 1.70. The minimum Gasteiger partial charge on any atom is -0.395 e. The number of aromatic amines is 1. The molecule has 0 fully saturated rings. The average Bonchev–Trinajstić information content (AvgIpc) is 3.09. The van der Waals surface area contributed by atoms with E-state index in [2.05, 4.69) is 26.3 Å². The number of H-pyrrole nitrogens is 1. The lowest BCUT2D eigenvalue weighted by atomic mass is 10.1. The van der Waals surface area contributed by atoms with Gasteiger partial charge in [0.25, 0.3) is 0 Å². The number of anilines is 1. The molecule has 0 amide bonds. The summed E-state index contributed by atoms with van der Waals surface area (Å²) in [4.78, 5) is 11.9. The zero-order valence-corrected chi connectivity index (χ0v) is 15.7. The predicted molar refractivity (Wildman–Crippen MR) is 110 cm³/mol. The van der Waals surface area contributed by atoms with Crippen molar-refractivity contribution in [3.8, 4) is 22.4 Å². The Morgan fingerprint density at radius 1 is 1.00 bits per heavy atom. The molecule has 0 aliphatic carbocycles. The van der Waals surface area contributed by atoms with Crippen molar-refractivity contribution in [2.75, 3.05) is 18.5 Å². The molecule has 0 aliphatic heterocycles. The zero-order valence-electron chi connectivity index (χ0n) is 14.2. The maximum atomic E-state index is 8.87. The highest BCUT2D eigenvalue weighted by atomic mass is 35.5. The number of halogens is 2. The topological polar surface area (TPSA) is 73.8 Å². The summed E-state index contributed by atoms with van der Waals surface area (Å²) < 4.78 is 0. The Bertz CT molecular complexity index is 1090. The van der Waals surface area contributed by atoms with Crippen molar-refractivity contribution in [3.05, 3.63) is 65.0 Å². The molecule has 5 nitrogen and oxygen atoms in total. The molecule has 7 heteroatoms. The van der Waals surface area contributed by atoms with Crippen molar-refractivity contribution >= 4 is 39.9 Å². The fourth-order valence-electron chi connectivity index (χ4n) is 2.93. The lowest BCUT2D eigenvalue weighted by Crippen LogP contribution is -2.06. The molecule has 0 saturated carbocycles. The second kappa shape index (κ2) is 7.56. The van der Waals surface area contributed by atoms with Crippen LogP contribution in [0, 0.1) is 0 Å². The first-order valence-electron chi connectivity index (χ1n) is 8.38. The van der Waals surface area contributed by atoms with Crippen LogP contribution in [0.5, 0.6) is 0 Å². The van der Waals surface area contributed by atoms with E-state index >= 15 is 0 Å². The maximum Gasteiger partial charge on any atom is 0.125 e. The van der Waals surface area contributed by atoms with Crippen molar-refractivity contribution in [1.82, 2.24) is 15.0 Å². The number of hydrogen-bond acceptors (Lipinski definition) is 4. The van der Waals surface area contributed by atoms with Gasteiger partial charge in [-0.15, -0.1) is 0 Å². The standard InChI is InChI=1S/C20H16Cl2N4O/c21-15-5-14(9-23-11-15)16-6-13-7-18(26-19(13)8-17(16)22)12-1-2-20(25-10-12)24-3-4-27/h1-2,5-11,26-27H,3-4H2,(H,24,25). The Kier molecular flexibility index (Phi) is 4.99. The van der Waals surface area contributed by atoms with E-state index in [1.165, 1.54) is 0 Å². The zero-order chi connectivity index (χ0) is 18.8. The van der Waals surface area contributed by atoms with Gasteiger partial charge in [0.2, 0.25) is 0 Å². The molecule has 27 heavy (non-hydrogen) atoms. The number of hydrogen-bond donors (Lipinski definition) is 3. The van der Waals surface area contributed by atoms with Gasteiger partial charge in [0.1, 0.15) is 5.82 Å².